The average molecular weight is 414 g/mol. The van der Waals surface area contributed by atoms with E-state index in [0.717, 1.165) is 50.5 Å². The standard InChI is InChI=1S/C20H26F4N4O/c21-15-5-6-28(13-15)19(29)18-11-17(12-25-18)27-9-7-26(8-10-27)16-3-1-14(2-4-16)20(22,23)24/h1-4,15,17-18,25H,5-13H2/t15?,17-,18-/m0/s1. The van der Waals surface area contributed by atoms with Gasteiger partial charge in [-0.25, -0.2) is 4.39 Å². The lowest BCUT2D eigenvalue weighted by Gasteiger charge is -2.39. The van der Waals surface area contributed by atoms with Gasteiger partial charge in [0.25, 0.3) is 0 Å². The Morgan fingerprint density at radius 1 is 1.03 bits per heavy atom. The summed E-state index contributed by atoms with van der Waals surface area (Å²) in [6.45, 7) is 4.48. The third kappa shape index (κ3) is 4.50. The molecular weight excluding hydrogens is 388 g/mol. The van der Waals surface area contributed by atoms with Crippen LogP contribution < -0.4 is 10.2 Å². The van der Waals surface area contributed by atoms with Crippen LogP contribution in [-0.2, 0) is 11.0 Å². The van der Waals surface area contributed by atoms with Gasteiger partial charge >= 0.3 is 6.18 Å². The number of hydrogen-bond donors (Lipinski definition) is 1. The summed E-state index contributed by atoms with van der Waals surface area (Å²) in [7, 11) is 0. The summed E-state index contributed by atoms with van der Waals surface area (Å²) in [5, 5.41) is 3.28. The van der Waals surface area contributed by atoms with Crippen molar-refractivity contribution in [2.75, 3.05) is 50.7 Å². The monoisotopic (exact) mass is 414 g/mol. The van der Waals surface area contributed by atoms with E-state index < -0.39 is 17.9 Å². The SMILES string of the molecule is O=C([C@@H]1C[C@H](N2CCN(c3ccc(C(F)(F)F)cc3)CC2)CN1)N1CCC(F)C1. The van der Waals surface area contributed by atoms with Crippen LogP contribution in [0.3, 0.4) is 0 Å². The number of anilines is 1. The minimum absolute atomic E-state index is 0.00367. The van der Waals surface area contributed by atoms with Crippen LogP contribution in [0.2, 0.25) is 0 Å². The first-order chi connectivity index (χ1) is 13.8. The van der Waals surface area contributed by atoms with Gasteiger partial charge < -0.3 is 15.1 Å². The van der Waals surface area contributed by atoms with Crippen molar-refractivity contribution in [3.05, 3.63) is 29.8 Å². The maximum Gasteiger partial charge on any atom is 0.416 e. The molecule has 3 saturated heterocycles. The lowest BCUT2D eigenvalue weighted by Crippen LogP contribution is -2.51. The molecule has 1 amide bonds. The first kappa shape index (κ1) is 20.4. The van der Waals surface area contributed by atoms with Crippen molar-refractivity contribution in [3.63, 3.8) is 0 Å². The number of rotatable bonds is 3. The summed E-state index contributed by atoms with van der Waals surface area (Å²) in [6.07, 6.45) is -4.09. The molecule has 160 valence electrons. The molecule has 0 aliphatic carbocycles. The van der Waals surface area contributed by atoms with E-state index in [9.17, 15) is 22.4 Å². The van der Waals surface area contributed by atoms with E-state index in [0.29, 0.717) is 19.4 Å². The fraction of sp³-hybridized carbons (Fsp3) is 0.650. The zero-order chi connectivity index (χ0) is 20.6. The van der Waals surface area contributed by atoms with Crippen LogP contribution in [0.4, 0.5) is 23.2 Å². The first-order valence-corrected chi connectivity index (χ1v) is 10.1. The predicted molar refractivity (Wildman–Crippen MR) is 102 cm³/mol. The van der Waals surface area contributed by atoms with Crippen LogP contribution >= 0.6 is 0 Å². The van der Waals surface area contributed by atoms with E-state index in [1.165, 1.54) is 12.1 Å². The number of nitrogens with zero attached hydrogens (tertiary/aromatic N) is 3. The molecule has 1 unspecified atom stereocenters. The Morgan fingerprint density at radius 3 is 2.31 bits per heavy atom. The van der Waals surface area contributed by atoms with Crippen LogP contribution in [0, 0.1) is 0 Å². The second-order valence-electron chi connectivity index (χ2n) is 8.09. The minimum Gasteiger partial charge on any atom is -0.369 e. The quantitative estimate of drug-likeness (QED) is 0.770. The van der Waals surface area contributed by atoms with Crippen LogP contribution in [-0.4, -0.2) is 79.8 Å². The number of likely N-dealkylation sites (tertiary alicyclic amines) is 1. The van der Waals surface area contributed by atoms with E-state index >= 15 is 0 Å². The molecule has 1 N–H and O–H groups in total. The van der Waals surface area contributed by atoms with Gasteiger partial charge in [-0.3, -0.25) is 9.69 Å². The number of piperazine rings is 1. The van der Waals surface area contributed by atoms with Crippen LogP contribution in [0.5, 0.6) is 0 Å². The summed E-state index contributed by atoms with van der Waals surface area (Å²) >= 11 is 0. The molecular formula is C20H26F4N4O. The van der Waals surface area contributed by atoms with Gasteiger partial charge in [-0.2, -0.15) is 13.2 Å². The van der Waals surface area contributed by atoms with E-state index in [2.05, 4.69) is 15.1 Å². The molecule has 0 radical (unpaired) electrons. The van der Waals surface area contributed by atoms with Crippen molar-refractivity contribution in [3.8, 4) is 0 Å². The molecule has 3 aliphatic heterocycles. The summed E-state index contributed by atoms with van der Waals surface area (Å²) in [6, 6.07) is 5.30. The smallest absolute Gasteiger partial charge is 0.369 e. The Labute approximate surface area is 167 Å². The number of carbonyl (C=O) groups excluding carboxylic acids is 1. The van der Waals surface area contributed by atoms with Gasteiger partial charge in [0.15, 0.2) is 0 Å². The van der Waals surface area contributed by atoms with E-state index in [4.69, 9.17) is 0 Å². The molecule has 4 rings (SSSR count). The number of alkyl halides is 4. The fourth-order valence-electron chi connectivity index (χ4n) is 4.53. The second-order valence-corrected chi connectivity index (χ2v) is 8.09. The average Bonchev–Trinajstić information content (AvgIpc) is 3.36. The normalized spacial score (nSPS) is 28.9. The van der Waals surface area contributed by atoms with Gasteiger partial charge in [-0.1, -0.05) is 0 Å². The highest BCUT2D eigenvalue weighted by atomic mass is 19.4. The van der Waals surface area contributed by atoms with Crippen LogP contribution in [0.15, 0.2) is 24.3 Å². The largest absolute Gasteiger partial charge is 0.416 e. The molecule has 3 heterocycles. The molecule has 3 aliphatic rings. The number of hydrogen-bond acceptors (Lipinski definition) is 4. The van der Waals surface area contributed by atoms with Gasteiger partial charge in [-0.05, 0) is 37.1 Å². The molecule has 0 bridgehead atoms. The molecule has 3 fully saturated rings. The maximum atomic E-state index is 13.4. The maximum absolute atomic E-state index is 13.4. The molecule has 1 aromatic carbocycles. The molecule has 29 heavy (non-hydrogen) atoms. The van der Waals surface area contributed by atoms with Crippen molar-refractivity contribution >= 4 is 11.6 Å². The highest BCUT2D eigenvalue weighted by Gasteiger charge is 2.38. The Bertz CT molecular complexity index is 718. The third-order valence-electron chi connectivity index (χ3n) is 6.24. The Morgan fingerprint density at radius 2 is 1.72 bits per heavy atom. The molecule has 1 aromatic rings. The molecule has 0 aromatic heterocycles. The lowest BCUT2D eigenvalue weighted by atomic mass is 10.1. The highest BCUT2D eigenvalue weighted by Crippen LogP contribution is 2.31. The molecule has 5 nitrogen and oxygen atoms in total. The van der Waals surface area contributed by atoms with Crippen molar-refractivity contribution in [1.29, 1.82) is 0 Å². The minimum atomic E-state index is -4.32. The van der Waals surface area contributed by atoms with Crippen LogP contribution in [0.1, 0.15) is 18.4 Å². The topological polar surface area (TPSA) is 38.8 Å². The zero-order valence-corrected chi connectivity index (χ0v) is 16.2. The Hall–Kier alpha value is -1.87. The summed E-state index contributed by atoms with van der Waals surface area (Å²) < 4.78 is 51.5. The fourth-order valence-corrected chi connectivity index (χ4v) is 4.53. The number of benzene rings is 1. The summed E-state index contributed by atoms with van der Waals surface area (Å²) in [5.41, 5.74) is 0.162. The number of amides is 1. The third-order valence-corrected chi connectivity index (χ3v) is 6.24. The number of halogens is 4. The molecule has 0 spiro atoms. The Kier molecular flexibility index (Phi) is 5.70. The van der Waals surface area contributed by atoms with Gasteiger partial charge in [0.05, 0.1) is 18.2 Å². The zero-order valence-electron chi connectivity index (χ0n) is 16.2. The highest BCUT2D eigenvalue weighted by molar-refractivity contribution is 5.82. The molecule has 0 saturated carbocycles. The Balaban J connectivity index is 1.27. The molecule has 3 atom stereocenters. The van der Waals surface area contributed by atoms with E-state index in [1.54, 1.807) is 4.90 Å². The van der Waals surface area contributed by atoms with Crippen molar-refractivity contribution < 1.29 is 22.4 Å². The number of nitrogens with one attached hydrogen (secondary N) is 1. The van der Waals surface area contributed by atoms with E-state index in [1.807, 2.05) is 0 Å². The lowest BCUT2D eigenvalue weighted by molar-refractivity contribution is -0.137. The number of carbonyl (C=O) groups is 1. The van der Waals surface area contributed by atoms with Crippen molar-refractivity contribution in [2.24, 2.45) is 0 Å². The van der Waals surface area contributed by atoms with Crippen molar-refractivity contribution in [1.82, 2.24) is 15.1 Å². The summed E-state index contributed by atoms with van der Waals surface area (Å²) in [4.78, 5) is 18.6. The van der Waals surface area contributed by atoms with Crippen molar-refractivity contribution in [2.45, 2.75) is 37.3 Å². The van der Waals surface area contributed by atoms with Crippen LogP contribution in [0.25, 0.3) is 0 Å². The van der Waals surface area contributed by atoms with Gasteiger partial charge in [0.2, 0.25) is 5.91 Å². The van der Waals surface area contributed by atoms with Gasteiger partial charge in [0.1, 0.15) is 6.17 Å². The first-order valence-electron chi connectivity index (χ1n) is 10.1. The molecule has 9 heteroatoms. The predicted octanol–water partition coefficient (Wildman–Crippen LogP) is 2.13. The van der Waals surface area contributed by atoms with E-state index in [-0.39, 0.29) is 24.5 Å². The summed E-state index contributed by atoms with van der Waals surface area (Å²) in [5.74, 6) is -0.00367. The second kappa shape index (κ2) is 8.10. The van der Waals surface area contributed by atoms with Gasteiger partial charge in [0, 0.05) is 51.0 Å². The van der Waals surface area contributed by atoms with Gasteiger partial charge in [-0.15, -0.1) is 0 Å².